The van der Waals surface area contributed by atoms with Gasteiger partial charge in [0.15, 0.2) is 30.4 Å². The van der Waals surface area contributed by atoms with Crippen molar-refractivity contribution in [2.24, 2.45) is 0 Å². The van der Waals surface area contributed by atoms with Crippen molar-refractivity contribution in [1.29, 1.82) is 0 Å². The summed E-state index contributed by atoms with van der Waals surface area (Å²) in [5, 5.41) is 35.4. The van der Waals surface area contributed by atoms with Gasteiger partial charge in [-0.15, -0.1) is 0 Å². The lowest BCUT2D eigenvalue weighted by molar-refractivity contribution is -0.256. The predicted molar refractivity (Wildman–Crippen MR) is 163 cm³/mol. The molecule has 3 saturated heterocycles. The van der Waals surface area contributed by atoms with Crippen LogP contribution >= 0.6 is 0 Å². The number of rotatable bonds is 8. The van der Waals surface area contributed by atoms with Gasteiger partial charge in [0.05, 0.1) is 42.6 Å². The minimum atomic E-state index is -2.10. The van der Waals surface area contributed by atoms with Crippen molar-refractivity contribution >= 4 is 17.3 Å². The minimum absolute atomic E-state index is 0.00984. The number of ketones is 3. The minimum Gasteiger partial charge on any atom is -0.507 e. The summed E-state index contributed by atoms with van der Waals surface area (Å²) in [6.45, 7) is 4.40. The number of Topliss-reactive ketones (excluding diaryl/α,β-unsaturated/α-hetero) is 1. The Hall–Kier alpha value is -3.47. The molecule has 0 spiro atoms. The first kappa shape index (κ1) is 33.0. The average Bonchev–Trinajstić information content (AvgIpc) is 3.46. The Morgan fingerprint density at radius 1 is 1.08 bits per heavy atom. The summed E-state index contributed by atoms with van der Waals surface area (Å²) in [4.78, 5) is 43.3. The molecule has 1 unspecified atom stereocenters. The standard InChI is InChI=1S/C34H39NO13/c1-5-44-14-21(36)34(41)12-17-24(30(40)26-25(28(17)38)27(37)16-7-6-8-19(42-3)23(16)29(26)39)20(13-34)47-22-11-18-31(15(2)46-22)48-32-33(43-4)45-10-9-35(18)32/h6-8,15,18,20,22,31-33,38,40-41H,5,9-14H2,1-4H3/t15-,18?,20-,22-,31+,32+,33-,34-/m0/s1. The molecule has 3 aliphatic heterocycles. The number of ether oxygens (including phenoxy) is 7. The monoisotopic (exact) mass is 669 g/mol. The van der Waals surface area contributed by atoms with Gasteiger partial charge in [-0.05, 0) is 19.9 Å². The van der Waals surface area contributed by atoms with E-state index in [1.807, 2.05) is 6.92 Å². The number of aromatic hydroxyl groups is 2. The van der Waals surface area contributed by atoms with Crippen LogP contribution in [0.4, 0.5) is 0 Å². The number of phenolic OH excluding ortho intramolecular Hbond substituents is 2. The lowest BCUT2D eigenvalue weighted by Crippen LogP contribution is -2.55. The summed E-state index contributed by atoms with van der Waals surface area (Å²) in [5.41, 5.74) is -3.07. The molecule has 3 fully saturated rings. The summed E-state index contributed by atoms with van der Waals surface area (Å²) in [6, 6.07) is 4.34. The highest BCUT2D eigenvalue weighted by Gasteiger charge is 2.55. The van der Waals surface area contributed by atoms with Crippen LogP contribution in [0.15, 0.2) is 18.2 Å². The number of methoxy groups -OCH3 is 2. The molecule has 14 nitrogen and oxygen atoms in total. The average molecular weight is 670 g/mol. The van der Waals surface area contributed by atoms with Gasteiger partial charge in [0.2, 0.25) is 5.78 Å². The van der Waals surface area contributed by atoms with Crippen LogP contribution in [0.5, 0.6) is 17.2 Å². The Morgan fingerprint density at radius 2 is 1.85 bits per heavy atom. The lowest BCUT2D eigenvalue weighted by Gasteiger charge is -2.43. The topological polar surface area (TPSA) is 180 Å². The van der Waals surface area contributed by atoms with Crippen LogP contribution in [-0.4, -0.2) is 121 Å². The van der Waals surface area contributed by atoms with Crippen molar-refractivity contribution in [1.82, 2.24) is 4.90 Å². The van der Waals surface area contributed by atoms with Gasteiger partial charge in [-0.1, -0.05) is 12.1 Å². The highest BCUT2D eigenvalue weighted by atomic mass is 16.7. The number of hydrogen-bond acceptors (Lipinski definition) is 14. The zero-order valence-electron chi connectivity index (χ0n) is 27.1. The summed E-state index contributed by atoms with van der Waals surface area (Å²) >= 11 is 0. The molecule has 0 amide bonds. The number of benzene rings is 2. The van der Waals surface area contributed by atoms with E-state index < -0.39 is 89.6 Å². The van der Waals surface area contributed by atoms with E-state index in [1.54, 1.807) is 14.0 Å². The molecule has 258 valence electrons. The summed E-state index contributed by atoms with van der Waals surface area (Å²) in [6.07, 6.45) is -4.44. The van der Waals surface area contributed by atoms with Crippen molar-refractivity contribution in [2.45, 2.75) is 81.9 Å². The van der Waals surface area contributed by atoms with Gasteiger partial charge in [-0.3, -0.25) is 19.3 Å². The molecule has 0 aromatic heterocycles. The van der Waals surface area contributed by atoms with Crippen LogP contribution in [0.3, 0.4) is 0 Å². The van der Waals surface area contributed by atoms with Gasteiger partial charge in [0.25, 0.3) is 0 Å². The Bertz CT molecular complexity index is 1660. The first-order chi connectivity index (χ1) is 23.0. The van der Waals surface area contributed by atoms with Crippen LogP contribution in [0.25, 0.3) is 0 Å². The van der Waals surface area contributed by atoms with Gasteiger partial charge in [-0.25, -0.2) is 0 Å². The maximum atomic E-state index is 14.0. The third-order valence-electron chi connectivity index (χ3n) is 10.1. The fourth-order valence-corrected chi connectivity index (χ4v) is 7.87. The van der Waals surface area contributed by atoms with Gasteiger partial charge in [-0.2, -0.15) is 0 Å². The molecule has 2 aliphatic carbocycles. The van der Waals surface area contributed by atoms with Crippen LogP contribution in [-0.2, 0) is 39.6 Å². The Labute approximate surface area is 276 Å². The van der Waals surface area contributed by atoms with Crippen LogP contribution in [0.1, 0.15) is 75.8 Å². The fraction of sp³-hybridized carbons (Fsp3) is 0.559. The lowest BCUT2D eigenvalue weighted by atomic mass is 9.72. The molecular formula is C34H39NO13. The molecule has 0 bridgehead atoms. The molecule has 3 N–H and O–H groups in total. The molecule has 14 heteroatoms. The third kappa shape index (κ3) is 5.05. The third-order valence-corrected chi connectivity index (χ3v) is 10.1. The van der Waals surface area contributed by atoms with Crippen molar-refractivity contribution < 1.29 is 62.9 Å². The van der Waals surface area contributed by atoms with Crippen LogP contribution in [0, 0.1) is 0 Å². The Kier molecular flexibility index (Phi) is 8.57. The van der Waals surface area contributed by atoms with E-state index in [0.29, 0.717) is 19.6 Å². The molecule has 0 saturated carbocycles. The first-order valence-electron chi connectivity index (χ1n) is 16.1. The van der Waals surface area contributed by atoms with E-state index in [-0.39, 0.29) is 53.2 Å². The summed E-state index contributed by atoms with van der Waals surface area (Å²) < 4.78 is 40.9. The number of aliphatic hydroxyl groups is 1. The quantitative estimate of drug-likeness (QED) is 0.295. The number of carbonyl (C=O) groups is 3. The molecule has 0 radical (unpaired) electrons. The second kappa shape index (κ2) is 12.4. The maximum absolute atomic E-state index is 14.0. The first-order valence-corrected chi connectivity index (χ1v) is 16.1. The van der Waals surface area contributed by atoms with E-state index >= 15 is 0 Å². The molecule has 7 rings (SSSR count). The molecule has 8 atom stereocenters. The Balaban J connectivity index is 1.29. The van der Waals surface area contributed by atoms with Gasteiger partial charge in [0, 0.05) is 62.3 Å². The molecular weight excluding hydrogens is 630 g/mol. The van der Waals surface area contributed by atoms with Crippen LogP contribution in [0.2, 0.25) is 0 Å². The number of carbonyl (C=O) groups excluding carboxylic acids is 3. The zero-order valence-corrected chi connectivity index (χ0v) is 27.1. The highest BCUT2D eigenvalue weighted by molar-refractivity contribution is 6.31. The van der Waals surface area contributed by atoms with Crippen molar-refractivity contribution in [3.05, 3.63) is 51.6 Å². The van der Waals surface area contributed by atoms with E-state index in [4.69, 9.17) is 33.2 Å². The predicted octanol–water partition coefficient (Wildman–Crippen LogP) is 1.76. The number of hydrogen-bond donors (Lipinski definition) is 3. The molecule has 2 aromatic rings. The van der Waals surface area contributed by atoms with Gasteiger partial charge < -0.3 is 48.5 Å². The number of fused-ring (bicyclic) bond motifs is 6. The number of phenols is 2. The fourth-order valence-electron chi connectivity index (χ4n) is 7.87. The second-order valence-corrected chi connectivity index (χ2v) is 12.8. The normalized spacial score (nSPS) is 32.6. The van der Waals surface area contributed by atoms with E-state index in [2.05, 4.69) is 4.90 Å². The van der Waals surface area contributed by atoms with Crippen LogP contribution < -0.4 is 4.74 Å². The second-order valence-electron chi connectivity index (χ2n) is 12.8. The molecule has 2 aromatic carbocycles. The maximum Gasteiger partial charge on any atom is 0.202 e. The van der Waals surface area contributed by atoms with E-state index in [9.17, 15) is 29.7 Å². The molecule has 48 heavy (non-hydrogen) atoms. The van der Waals surface area contributed by atoms with Crippen molar-refractivity contribution in [3.63, 3.8) is 0 Å². The molecule has 5 aliphatic rings. The summed E-state index contributed by atoms with van der Waals surface area (Å²) in [5.74, 6) is -3.18. The molecule has 3 heterocycles. The van der Waals surface area contributed by atoms with Gasteiger partial charge in [0.1, 0.15) is 35.6 Å². The van der Waals surface area contributed by atoms with Gasteiger partial charge >= 0.3 is 0 Å². The largest absolute Gasteiger partial charge is 0.507 e. The van der Waals surface area contributed by atoms with E-state index in [0.717, 1.165) is 0 Å². The number of morpholine rings is 1. The van der Waals surface area contributed by atoms with Crippen molar-refractivity contribution in [2.75, 3.05) is 40.6 Å². The SMILES string of the molecule is CCOCC(=O)[C@]1(O)Cc2c(O)c3c(c(O)c2[C@@H](O[C@H]2CC4[C@H](O[C@@H]5[C@@H](OC)OCCN45)[C@H](C)O2)C1)C(=O)c1c(OC)cccc1C3=O. The highest BCUT2D eigenvalue weighted by Crippen LogP contribution is 2.53. The van der Waals surface area contributed by atoms with Crippen molar-refractivity contribution in [3.8, 4) is 17.2 Å². The zero-order chi connectivity index (χ0) is 34.1. The number of nitrogens with zero attached hydrogens (tertiary/aromatic N) is 1. The van der Waals surface area contributed by atoms with E-state index in [1.165, 1.54) is 25.3 Å². The smallest absolute Gasteiger partial charge is 0.202 e. The summed E-state index contributed by atoms with van der Waals surface area (Å²) in [7, 11) is 2.91. The Morgan fingerprint density at radius 3 is 2.58 bits per heavy atom.